The number of alkyl halides is 2. The summed E-state index contributed by atoms with van der Waals surface area (Å²) in [4.78, 5) is 5.74. The highest BCUT2D eigenvalue weighted by Crippen LogP contribution is 2.25. The number of fused-ring (bicyclic) bond motifs is 1. The predicted molar refractivity (Wildman–Crippen MR) is 94.3 cm³/mol. The smallest absolute Gasteiger partial charge is 0.345 e. The first-order chi connectivity index (χ1) is 12.2. The molecule has 4 nitrogen and oxygen atoms in total. The molecule has 0 bridgehead atoms. The third kappa shape index (κ3) is 4.92. The number of methoxy groups -OCH3 is 1. The Morgan fingerprint density at radius 2 is 2.16 bits per heavy atom. The fourth-order valence-electron chi connectivity index (χ4n) is 3.59. The van der Waals surface area contributed by atoms with Crippen molar-refractivity contribution in [3.8, 4) is 5.75 Å². The second kappa shape index (κ2) is 8.63. The molecule has 25 heavy (non-hydrogen) atoms. The fourth-order valence-corrected chi connectivity index (χ4v) is 3.59. The molecule has 1 aliphatic rings. The van der Waals surface area contributed by atoms with Crippen LogP contribution in [-0.4, -0.2) is 49.8 Å². The molecule has 6 heteroatoms. The normalized spacial score (nSPS) is 19.4. The van der Waals surface area contributed by atoms with Crippen molar-refractivity contribution in [3.05, 3.63) is 30.0 Å². The van der Waals surface area contributed by atoms with Gasteiger partial charge in [0.25, 0.3) is 0 Å². The molecule has 2 aromatic rings. The molecule has 0 saturated carbocycles. The largest absolute Gasteiger partial charge is 0.497 e. The predicted octanol–water partition coefficient (Wildman–Crippen LogP) is 4.06. The van der Waals surface area contributed by atoms with Gasteiger partial charge in [0.05, 0.1) is 13.7 Å². The summed E-state index contributed by atoms with van der Waals surface area (Å²) < 4.78 is 34.2. The minimum Gasteiger partial charge on any atom is -0.497 e. The molecule has 1 saturated heterocycles. The van der Waals surface area contributed by atoms with Gasteiger partial charge in [-0.2, -0.15) is 8.78 Å². The van der Waals surface area contributed by atoms with Gasteiger partial charge in [0.15, 0.2) is 0 Å². The number of rotatable bonds is 7. The van der Waals surface area contributed by atoms with Crippen molar-refractivity contribution < 1.29 is 18.3 Å². The van der Waals surface area contributed by atoms with Gasteiger partial charge >= 0.3 is 6.61 Å². The van der Waals surface area contributed by atoms with Gasteiger partial charge < -0.3 is 19.4 Å². The second-order valence-corrected chi connectivity index (χ2v) is 6.71. The lowest BCUT2D eigenvalue weighted by Gasteiger charge is -2.20. The number of hydrogen-bond acceptors (Lipinski definition) is 3. The molecule has 1 fully saturated rings. The summed E-state index contributed by atoms with van der Waals surface area (Å²) in [5, 5.41) is 1.21. The van der Waals surface area contributed by atoms with Gasteiger partial charge in [-0.15, -0.1) is 0 Å². The average Bonchev–Trinajstić information content (AvgIpc) is 2.87. The van der Waals surface area contributed by atoms with Crippen molar-refractivity contribution in [3.63, 3.8) is 0 Å². The highest BCUT2D eigenvalue weighted by atomic mass is 19.3. The van der Waals surface area contributed by atoms with E-state index in [0.29, 0.717) is 0 Å². The van der Waals surface area contributed by atoms with E-state index < -0.39 is 6.61 Å². The van der Waals surface area contributed by atoms with Crippen molar-refractivity contribution in [2.75, 3.05) is 33.4 Å². The van der Waals surface area contributed by atoms with Crippen molar-refractivity contribution >= 4 is 10.9 Å². The van der Waals surface area contributed by atoms with E-state index in [1.165, 1.54) is 10.9 Å². The zero-order valence-corrected chi connectivity index (χ0v) is 14.6. The van der Waals surface area contributed by atoms with E-state index in [0.717, 1.165) is 56.6 Å². The molecule has 0 unspecified atom stereocenters. The van der Waals surface area contributed by atoms with Crippen LogP contribution in [0.5, 0.6) is 5.75 Å². The number of benzene rings is 1. The summed E-state index contributed by atoms with van der Waals surface area (Å²) in [6.45, 7) is 0.471. The molecule has 0 amide bonds. The Hall–Kier alpha value is -1.66. The summed E-state index contributed by atoms with van der Waals surface area (Å²) in [6.07, 6.45) is 5.97. The number of nitrogens with zero attached hydrogens (tertiary/aromatic N) is 1. The van der Waals surface area contributed by atoms with Crippen LogP contribution in [-0.2, 0) is 11.2 Å². The molecule has 1 aromatic heterocycles. The molecule has 0 spiro atoms. The summed E-state index contributed by atoms with van der Waals surface area (Å²) in [6, 6.07) is 6.07. The summed E-state index contributed by atoms with van der Waals surface area (Å²) in [5.41, 5.74) is 2.41. The van der Waals surface area contributed by atoms with Gasteiger partial charge in [-0.3, -0.25) is 0 Å². The summed E-state index contributed by atoms with van der Waals surface area (Å²) in [7, 11) is 1.68. The van der Waals surface area contributed by atoms with Gasteiger partial charge in [0.2, 0.25) is 0 Å². The molecule has 1 atom stereocenters. The Kier molecular flexibility index (Phi) is 6.26. The summed E-state index contributed by atoms with van der Waals surface area (Å²) in [5.74, 6) is 1.11. The Labute approximate surface area is 147 Å². The van der Waals surface area contributed by atoms with Crippen molar-refractivity contribution in [2.45, 2.75) is 32.3 Å². The molecule has 1 aromatic carbocycles. The molecule has 2 heterocycles. The van der Waals surface area contributed by atoms with E-state index >= 15 is 0 Å². The number of nitrogens with one attached hydrogen (secondary N) is 1. The third-order valence-electron chi connectivity index (χ3n) is 5.07. The monoisotopic (exact) mass is 352 g/mol. The zero-order valence-electron chi connectivity index (χ0n) is 14.6. The van der Waals surface area contributed by atoms with Crippen LogP contribution in [0, 0.1) is 5.92 Å². The quantitative estimate of drug-likeness (QED) is 0.816. The Morgan fingerprint density at radius 3 is 2.96 bits per heavy atom. The highest BCUT2D eigenvalue weighted by Gasteiger charge is 2.19. The van der Waals surface area contributed by atoms with Crippen LogP contribution in [0.4, 0.5) is 8.78 Å². The van der Waals surface area contributed by atoms with E-state index in [1.54, 1.807) is 7.11 Å². The molecule has 0 radical (unpaired) electrons. The number of aromatic nitrogens is 1. The van der Waals surface area contributed by atoms with Crippen LogP contribution in [0.15, 0.2) is 24.4 Å². The highest BCUT2D eigenvalue weighted by molar-refractivity contribution is 5.84. The molecule has 1 N–H and O–H groups in total. The van der Waals surface area contributed by atoms with E-state index in [4.69, 9.17) is 4.74 Å². The lowest BCUT2D eigenvalue weighted by Crippen LogP contribution is -2.27. The van der Waals surface area contributed by atoms with Crippen molar-refractivity contribution in [1.82, 2.24) is 9.88 Å². The zero-order chi connectivity index (χ0) is 17.6. The van der Waals surface area contributed by atoms with Crippen LogP contribution in [0.3, 0.4) is 0 Å². The molecule has 3 rings (SSSR count). The maximum absolute atomic E-state index is 12.2. The van der Waals surface area contributed by atoms with Gasteiger partial charge in [0.1, 0.15) is 5.75 Å². The number of likely N-dealkylation sites (tertiary alicyclic amines) is 1. The first-order valence-electron chi connectivity index (χ1n) is 8.92. The lowest BCUT2D eigenvalue weighted by molar-refractivity contribution is -0.138. The van der Waals surface area contributed by atoms with Crippen LogP contribution in [0.25, 0.3) is 10.9 Å². The Morgan fingerprint density at radius 1 is 1.28 bits per heavy atom. The summed E-state index contributed by atoms with van der Waals surface area (Å²) >= 11 is 0. The van der Waals surface area contributed by atoms with Crippen molar-refractivity contribution in [2.24, 2.45) is 5.92 Å². The van der Waals surface area contributed by atoms with Crippen molar-refractivity contribution in [1.29, 1.82) is 0 Å². The molecule has 0 aliphatic carbocycles. The number of H-pyrrole nitrogens is 1. The van der Waals surface area contributed by atoms with Crippen LogP contribution in [0.2, 0.25) is 0 Å². The third-order valence-corrected chi connectivity index (χ3v) is 5.07. The molecule has 1 aliphatic heterocycles. The SMILES string of the molecule is COc1ccc2[nH]cc(CCN3CCC[C@@H](COC(F)F)CC3)c2c1. The van der Waals surface area contributed by atoms with E-state index in [9.17, 15) is 8.78 Å². The Balaban J connectivity index is 1.53. The van der Waals surface area contributed by atoms with E-state index in [2.05, 4.69) is 26.9 Å². The average molecular weight is 352 g/mol. The van der Waals surface area contributed by atoms with Gasteiger partial charge in [-0.25, -0.2) is 0 Å². The maximum Gasteiger partial charge on any atom is 0.345 e. The molecular formula is C19H26F2N2O2. The number of hydrogen-bond donors (Lipinski definition) is 1. The minimum atomic E-state index is -2.65. The Bertz CT molecular complexity index is 674. The van der Waals surface area contributed by atoms with Crippen LogP contribution < -0.4 is 4.74 Å². The maximum atomic E-state index is 12.2. The molecular weight excluding hydrogens is 326 g/mol. The van der Waals surface area contributed by atoms with E-state index in [1.807, 2.05) is 12.1 Å². The topological polar surface area (TPSA) is 37.5 Å². The van der Waals surface area contributed by atoms with Crippen LogP contribution >= 0.6 is 0 Å². The van der Waals surface area contributed by atoms with Gasteiger partial charge in [-0.1, -0.05) is 0 Å². The molecule has 138 valence electrons. The first-order valence-corrected chi connectivity index (χ1v) is 8.92. The first kappa shape index (κ1) is 18.1. The number of aromatic amines is 1. The van der Waals surface area contributed by atoms with Gasteiger partial charge in [0, 0.05) is 23.6 Å². The van der Waals surface area contributed by atoms with E-state index in [-0.39, 0.29) is 12.5 Å². The van der Waals surface area contributed by atoms with Crippen LogP contribution in [0.1, 0.15) is 24.8 Å². The minimum absolute atomic E-state index is 0.174. The lowest BCUT2D eigenvalue weighted by atomic mass is 10.0. The number of halogens is 2. The fraction of sp³-hybridized carbons (Fsp3) is 0.579. The number of ether oxygens (including phenoxy) is 2. The van der Waals surface area contributed by atoms with Gasteiger partial charge in [-0.05, 0) is 68.5 Å². The standard InChI is InChI=1S/C19H26F2N2O2/c1-24-16-4-5-18-17(11-16)15(12-22-18)7-10-23-8-2-3-14(6-9-23)13-25-19(20)21/h4-5,11-12,14,19,22H,2-3,6-10,13H2,1H3/t14-/m1/s1. The second-order valence-electron chi connectivity index (χ2n) is 6.71.